The van der Waals surface area contributed by atoms with E-state index in [1.807, 2.05) is 42.6 Å². The zero-order valence-electron chi connectivity index (χ0n) is 17.7. The Morgan fingerprint density at radius 3 is 2.87 bits per heavy atom. The fourth-order valence-electron chi connectivity index (χ4n) is 4.36. The molecule has 1 aromatic heterocycles. The highest BCUT2D eigenvalue weighted by molar-refractivity contribution is 7.09. The summed E-state index contributed by atoms with van der Waals surface area (Å²) in [6.07, 6.45) is 7.92. The van der Waals surface area contributed by atoms with Gasteiger partial charge in [0, 0.05) is 17.5 Å². The summed E-state index contributed by atoms with van der Waals surface area (Å²) in [6.45, 7) is 2.44. The van der Waals surface area contributed by atoms with Crippen LogP contribution in [-0.2, 0) is 17.8 Å². The number of rotatable bonds is 7. The summed E-state index contributed by atoms with van der Waals surface area (Å²) in [5.74, 6) is 0.887. The molecular weight excluding hydrogens is 404 g/mol. The monoisotopic (exact) mass is 430 g/mol. The van der Waals surface area contributed by atoms with Crippen LogP contribution < -0.4 is 4.74 Å². The Kier molecular flexibility index (Phi) is 5.60. The van der Waals surface area contributed by atoms with Gasteiger partial charge in [-0.3, -0.25) is 4.79 Å². The highest BCUT2D eigenvalue weighted by Crippen LogP contribution is 2.41. The minimum absolute atomic E-state index is 0.105. The van der Waals surface area contributed by atoms with Crippen molar-refractivity contribution in [2.24, 2.45) is 0 Å². The van der Waals surface area contributed by atoms with Crippen LogP contribution in [0.15, 0.2) is 60.0 Å². The second kappa shape index (κ2) is 8.67. The molecule has 1 heterocycles. The first-order chi connectivity index (χ1) is 15.2. The molecule has 1 atom stereocenters. The van der Waals surface area contributed by atoms with Gasteiger partial charge in [-0.1, -0.05) is 36.4 Å². The SMILES string of the molecule is Cc1nc(COc2cccc(/C=C\C(=O)N(C3CC3)[C@H]3CCc4ccccc43)c2)cs1. The molecule has 2 aliphatic rings. The molecule has 2 aromatic carbocycles. The van der Waals surface area contributed by atoms with Gasteiger partial charge in [-0.05, 0) is 67.5 Å². The molecule has 4 nitrogen and oxygen atoms in total. The minimum atomic E-state index is 0.105. The van der Waals surface area contributed by atoms with Crippen LogP contribution in [0.5, 0.6) is 5.75 Å². The van der Waals surface area contributed by atoms with Crippen LogP contribution in [0.1, 0.15) is 52.7 Å². The maximum atomic E-state index is 13.2. The van der Waals surface area contributed by atoms with Gasteiger partial charge in [0.15, 0.2) is 0 Å². The fraction of sp³-hybridized carbons (Fsp3) is 0.308. The Labute approximate surface area is 187 Å². The van der Waals surface area contributed by atoms with Crippen LogP contribution in [0, 0.1) is 6.92 Å². The van der Waals surface area contributed by atoms with E-state index in [1.165, 1.54) is 11.1 Å². The molecule has 0 aliphatic heterocycles. The Bertz CT molecular complexity index is 1120. The van der Waals surface area contributed by atoms with E-state index in [9.17, 15) is 4.79 Å². The predicted octanol–water partition coefficient (Wildman–Crippen LogP) is 5.72. The van der Waals surface area contributed by atoms with Gasteiger partial charge in [-0.25, -0.2) is 4.98 Å². The molecule has 5 heteroatoms. The van der Waals surface area contributed by atoms with Crippen LogP contribution in [0.25, 0.3) is 6.08 Å². The van der Waals surface area contributed by atoms with E-state index in [0.29, 0.717) is 12.6 Å². The van der Waals surface area contributed by atoms with Crippen LogP contribution in [-0.4, -0.2) is 21.8 Å². The van der Waals surface area contributed by atoms with Gasteiger partial charge in [0.25, 0.3) is 0 Å². The molecule has 0 spiro atoms. The summed E-state index contributed by atoms with van der Waals surface area (Å²) in [7, 11) is 0. The summed E-state index contributed by atoms with van der Waals surface area (Å²) < 4.78 is 5.88. The van der Waals surface area contributed by atoms with E-state index in [1.54, 1.807) is 17.4 Å². The lowest BCUT2D eigenvalue weighted by atomic mass is 10.1. The zero-order chi connectivity index (χ0) is 21.2. The molecule has 3 aromatic rings. The number of nitrogens with zero attached hydrogens (tertiary/aromatic N) is 2. The van der Waals surface area contributed by atoms with Gasteiger partial charge in [0.2, 0.25) is 5.91 Å². The lowest BCUT2D eigenvalue weighted by molar-refractivity contribution is -0.129. The molecule has 0 saturated heterocycles. The van der Waals surface area contributed by atoms with Gasteiger partial charge < -0.3 is 9.64 Å². The van der Waals surface area contributed by atoms with Gasteiger partial charge >= 0.3 is 0 Å². The van der Waals surface area contributed by atoms with Crippen molar-refractivity contribution in [1.29, 1.82) is 0 Å². The number of aromatic nitrogens is 1. The van der Waals surface area contributed by atoms with E-state index in [0.717, 1.165) is 47.7 Å². The van der Waals surface area contributed by atoms with E-state index < -0.39 is 0 Å². The number of benzene rings is 2. The molecule has 0 unspecified atom stereocenters. The fourth-order valence-corrected chi connectivity index (χ4v) is 4.96. The van der Waals surface area contributed by atoms with Gasteiger partial charge in [0.05, 0.1) is 16.7 Å². The Morgan fingerprint density at radius 2 is 2.06 bits per heavy atom. The third-order valence-corrected chi connectivity index (χ3v) is 6.78. The lowest BCUT2D eigenvalue weighted by Gasteiger charge is -2.29. The third kappa shape index (κ3) is 4.57. The van der Waals surface area contributed by atoms with Crippen LogP contribution in [0.3, 0.4) is 0 Å². The summed E-state index contributed by atoms with van der Waals surface area (Å²) >= 11 is 1.63. The summed E-state index contributed by atoms with van der Waals surface area (Å²) in [5, 5.41) is 3.06. The molecule has 1 saturated carbocycles. The summed E-state index contributed by atoms with van der Waals surface area (Å²) in [6, 6.07) is 17.0. The number of hydrogen-bond donors (Lipinski definition) is 0. The maximum absolute atomic E-state index is 13.2. The van der Waals surface area contributed by atoms with Crippen LogP contribution in [0.2, 0.25) is 0 Å². The van der Waals surface area contributed by atoms with Gasteiger partial charge in [-0.15, -0.1) is 11.3 Å². The Hall–Kier alpha value is -2.92. The van der Waals surface area contributed by atoms with Crippen molar-refractivity contribution in [3.63, 3.8) is 0 Å². The number of carbonyl (C=O) groups is 1. The smallest absolute Gasteiger partial charge is 0.247 e. The molecule has 1 fully saturated rings. The second-order valence-electron chi connectivity index (χ2n) is 8.28. The van der Waals surface area contributed by atoms with E-state index >= 15 is 0 Å². The standard InChI is InChI=1S/C26H26N2O2S/c1-18-27-21(17-31-18)16-30-23-7-4-5-19(15-23)9-14-26(29)28(22-11-12-22)25-13-10-20-6-2-3-8-24(20)25/h2-9,14-15,17,22,25H,10-13,16H2,1H3/b14-9-/t25-/m0/s1. The normalized spacial score (nSPS) is 17.6. The summed E-state index contributed by atoms with van der Waals surface area (Å²) in [4.78, 5) is 19.7. The van der Waals surface area contributed by atoms with Crippen molar-refractivity contribution in [3.8, 4) is 5.75 Å². The number of ether oxygens (including phenoxy) is 1. The van der Waals surface area contributed by atoms with E-state index in [2.05, 4.69) is 34.1 Å². The third-order valence-electron chi connectivity index (χ3n) is 5.96. The molecule has 0 radical (unpaired) electrons. The number of carbonyl (C=O) groups excluding carboxylic acids is 1. The van der Waals surface area contributed by atoms with Crippen molar-refractivity contribution in [1.82, 2.24) is 9.88 Å². The lowest BCUT2D eigenvalue weighted by Crippen LogP contribution is -2.34. The number of amides is 1. The first-order valence-corrected chi connectivity index (χ1v) is 11.8. The van der Waals surface area contributed by atoms with Crippen molar-refractivity contribution in [2.45, 2.75) is 51.3 Å². The topological polar surface area (TPSA) is 42.4 Å². The largest absolute Gasteiger partial charge is 0.487 e. The van der Waals surface area contributed by atoms with Crippen molar-refractivity contribution in [2.75, 3.05) is 0 Å². The van der Waals surface area contributed by atoms with Gasteiger partial charge in [0.1, 0.15) is 12.4 Å². The molecule has 0 bridgehead atoms. The second-order valence-corrected chi connectivity index (χ2v) is 9.34. The number of fused-ring (bicyclic) bond motifs is 1. The Morgan fingerprint density at radius 1 is 1.19 bits per heavy atom. The van der Waals surface area contributed by atoms with Crippen LogP contribution >= 0.6 is 11.3 Å². The average Bonchev–Trinajstić information content (AvgIpc) is 3.39. The van der Waals surface area contributed by atoms with Crippen LogP contribution in [0.4, 0.5) is 0 Å². The number of hydrogen-bond acceptors (Lipinski definition) is 4. The minimum Gasteiger partial charge on any atom is -0.487 e. The quantitative estimate of drug-likeness (QED) is 0.450. The highest BCUT2D eigenvalue weighted by Gasteiger charge is 2.39. The van der Waals surface area contributed by atoms with Crippen molar-refractivity contribution >= 4 is 23.3 Å². The van der Waals surface area contributed by atoms with Crippen molar-refractivity contribution < 1.29 is 9.53 Å². The number of thiazole rings is 1. The molecule has 2 aliphatic carbocycles. The molecule has 5 rings (SSSR count). The molecular formula is C26H26N2O2S. The molecule has 31 heavy (non-hydrogen) atoms. The molecule has 1 amide bonds. The first kappa shape index (κ1) is 20.0. The maximum Gasteiger partial charge on any atom is 0.247 e. The summed E-state index contributed by atoms with van der Waals surface area (Å²) in [5.41, 5.74) is 4.61. The predicted molar refractivity (Wildman–Crippen MR) is 124 cm³/mol. The first-order valence-electron chi connectivity index (χ1n) is 10.9. The molecule has 0 N–H and O–H groups in total. The van der Waals surface area contributed by atoms with E-state index in [-0.39, 0.29) is 11.9 Å². The van der Waals surface area contributed by atoms with Gasteiger partial charge in [-0.2, -0.15) is 0 Å². The van der Waals surface area contributed by atoms with Crippen molar-refractivity contribution in [3.05, 3.63) is 87.4 Å². The Balaban J connectivity index is 1.27. The highest BCUT2D eigenvalue weighted by atomic mass is 32.1. The zero-order valence-corrected chi connectivity index (χ0v) is 18.5. The van der Waals surface area contributed by atoms with E-state index in [4.69, 9.17) is 4.74 Å². The number of aryl methyl sites for hydroxylation is 2. The average molecular weight is 431 g/mol. The molecule has 158 valence electrons.